The summed E-state index contributed by atoms with van der Waals surface area (Å²) in [6.45, 7) is -0.981. The van der Waals surface area contributed by atoms with E-state index in [0.29, 0.717) is 11.8 Å². The first kappa shape index (κ1) is 40.9. The number of hydrogen-bond donors (Lipinski definition) is 3. The molecule has 0 spiro atoms. The number of rotatable bonds is 8. The Labute approximate surface area is 278 Å². The van der Waals surface area contributed by atoms with E-state index in [1.165, 1.54) is 0 Å². The van der Waals surface area contributed by atoms with Crippen LogP contribution in [0.15, 0.2) is 21.9 Å². The summed E-state index contributed by atoms with van der Waals surface area (Å²) in [6, 6.07) is 0.959. The quantitative estimate of drug-likeness (QED) is 0.188. The van der Waals surface area contributed by atoms with Crippen LogP contribution in [0.2, 0.25) is 0 Å². The first-order chi connectivity index (χ1) is 13.1. The number of thioether (sulfide) groups is 1. The number of H-pyrrole nitrogens is 1. The van der Waals surface area contributed by atoms with Crippen molar-refractivity contribution in [2.75, 3.05) is 6.61 Å². The SMILES string of the molecule is O=c1ccn(C2S[C@H](COP(=O)([O-])OP(=O)([O-])OP(=O)([O-])[O-])[C@@H](O)[C@H]2O)c(=O)[nH]1.[Na+].[Na+].[Na+].[Na+]. The van der Waals surface area contributed by atoms with E-state index >= 15 is 0 Å². The van der Waals surface area contributed by atoms with Gasteiger partial charge in [0.1, 0.15) is 11.5 Å². The zero-order valence-electron chi connectivity index (χ0n) is 17.7. The summed E-state index contributed by atoms with van der Waals surface area (Å²) in [5, 5.41) is 17.6. The van der Waals surface area contributed by atoms with Gasteiger partial charge in [0, 0.05) is 12.3 Å². The molecule has 0 aliphatic carbocycles. The number of hydrogen-bond acceptors (Lipinski definition) is 15. The Bertz CT molecular complexity index is 1020. The molecule has 166 valence electrons. The van der Waals surface area contributed by atoms with Crippen molar-refractivity contribution in [2.24, 2.45) is 0 Å². The van der Waals surface area contributed by atoms with Gasteiger partial charge in [0.05, 0.1) is 25.8 Å². The average Bonchev–Trinajstić information content (AvgIpc) is 2.78. The minimum absolute atomic E-state index is 0. The second kappa shape index (κ2) is 16.5. The van der Waals surface area contributed by atoms with E-state index in [9.17, 15) is 53.1 Å². The fraction of sp³-hybridized carbons (Fsp3) is 0.556. The maximum atomic E-state index is 11.8. The van der Waals surface area contributed by atoms with Gasteiger partial charge in [0.25, 0.3) is 21.2 Å². The van der Waals surface area contributed by atoms with Crippen molar-refractivity contribution >= 4 is 35.2 Å². The molecule has 2 rings (SSSR count). The number of phosphoric ester groups is 1. The Morgan fingerprint density at radius 2 is 1.52 bits per heavy atom. The number of aromatic nitrogens is 2. The fourth-order valence-corrected chi connectivity index (χ4v) is 6.60. The van der Waals surface area contributed by atoms with Gasteiger partial charge in [-0.2, -0.15) is 0 Å². The second-order valence-electron chi connectivity index (χ2n) is 5.36. The summed E-state index contributed by atoms with van der Waals surface area (Å²) in [5.74, 6) is 0. The van der Waals surface area contributed by atoms with Crippen molar-refractivity contribution in [3.63, 3.8) is 0 Å². The van der Waals surface area contributed by atoms with Gasteiger partial charge in [0.15, 0.2) is 0 Å². The molecule has 2 heterocycles. The third-order valence-corrected chi connectivity index (χ3v) is 8.47. The van der Waals surface area contributed by atoms with E-state index in [1.807, 2.05) is 4.98 Å². The van der Waals surface area contributed by atoms with Crippen LogP contribution in [0, 0.1) is 0 Å². The third kappa shape index (κ3) is 13.3. The predicted octanol–water partition coefficient (Wildman–Crippen LogP) is -16.3. The molecule has 0 aromatic carbocycles. The van der Waals surface area contributed by atoms with Crippen molar-refractivity contribution in [3.05, 3.63) is 33.1 Å². The number of aliphatic hydroxyl groups excluding tert-OH is 2. The van der Waals surface area contributed by atoms with Crippen LogP contribution in [0.3, 0.4) is 0 Å². The molecular weight excluding hydrogens is 577 g/mol. The fourth-order valence-electron chi connectivity index (χ4n) is 2.17. The van der Waals surface area contributed by atoms with Gasteiger partial charge >= 0.3 is 124 Å². The third-order valence-electron chi connectivity index (χ3n) is 3.26. The van der Waals surface area contributed by atoms with Gasteiger partial charge < -0.3 is 38.9 Å². The van der Waals surface area contributed by atoms with Crippen LogP contribution in [0.25, 0.3) is 0 Å². The van der Waals surface area contributed by atoms with Crippen molar-refractivity contribution in [1.29, 1.82) is 0 Å². The van der Waals surface area contributed by atoms with Crippen LogP contribution in [-0.4, -0.2) is 43.8 Å². The molecule has 0 bridgehead atoms. The summed E-state index contributed by atoms with van der Waals surface area (Å²) in [6.07, 6.45) is -2.26. The Morgan fingerprint density at radius 1 is 0.970 bits per heavy atom. The minimum Gasteiger partial charge on any atom is -0.790 e. The van der Waals surface area contributed by atoms with Crippen molar-refractivity contribution in [2.45, 2.75) is 22.8 Å². The van der Waals surface area contributed by atoms with E-state index < -0.39 is 64.2 Å². The average molecular weight is 588 g/mol. The molecule has 1 aromatic rings. The van der Waals surface area contributed by atoms with Crippen molar-refractivity contribution in [3.8, 4) is 0 Å². The Hall–Kier alpha value is 3.36. The minimum atomic E-state index is -6.13. The standard InChI is InChI=1S/C9H15N2O14P3S.4Na/c12-5-1-2-11(9(15)10-5)8-7(14)6(13)4(29-8)3-23-27(19,20)25-28(21,22)24-26(16,17)18;;;;/h1-2,4,6-8,13-14H,3H2,(H,19,20)(H,21,22)(H,10,12,15)(H2,16,17,18);;;;/q;4*+1/p-4/t4-,6-,7-,8?;;;;/m1..../s1. The van der Waals surface area contributed by atoms with Crippen LogP contribution in [-0.2, 0) is 26.8 Å². The Morgan fingerprint density at radius 3 is 2.00 bits per heavy atom. The number of nitrogens with zero attached hydrogens (tertiary/aromatic N) is 1. The number of aromatic amines is 1. The maximum Gasteiger partial charge on any atom is 1.00 e. The van der Waals surface area contributed by atoms with E-state index in [0.717, 1.165) is 16.8 Å². The first-order valence-electron chi connectivity index (χ1n) is 7.15. The van der Waals surface area contributed by atoms with Crippen LogP contribution in [0.4, 0.5) is 0 Å². The largest absolute Gasteiger partial charge is 1.00 e. The molecule has 1 fully saturated rings. The van der Waals surface area contributed by atoms with Crippen LogP contribution >= 0.6 is 35.2 Å². The molecule has 24 heteroatoms. The zero-order chi connectivity index (χ0) is 22.2. The van der Waals surface area contributed by atoms with E-state index in [4.69, 9.17) is 0 Å². The van der Waals surface area contributed by atoms with Gasteiger partial charge in [0.2, 0.25) is 0 Å². The summed E-state index contributed by atoms with van der Waals surface area (Å²) in [5.41, 5.74) is -1.65. The van der Waals surface area contributed by atoms with Gasteiger partial charge in [-0.3, -0.25) is 27.8 Å². The molecule has 1 aliphatic heterocycles. The van der Waals surface area contributed by atoms with Crippen LogP contribution in [0.5, 0.6) is 0 Å². The first-order valence-corrected chi connectivity index (χ1v) is 12.5. The smallest absolute Gasteiger partial charge is 0.790 e. The van der Waals surface area contributed by atoms with E-state index in [-0.39, 0.29) is 118 Å². The molecule has 1 aromatic heterocycles. The molecule has 0 amide bonds. The topological polar surface area (TPSA) is 266 Å². The summed E-state index contributed by atoms with van der Waals surface area (Å²) < 4.78 is 44.3. The molecule has 16 nitrogen and oxygen atoms in total. The number of aliphatic hydroxyl groups is 2. The molecule has 1 saturated heterocycles. The molecule has 3 unspecified atom stereocenters. The van der Waals surface area contributed by atoms with E-state index in [1.54, 1.807) is 0 Å². The molecular formula is C9H11N2Na4O14P3S. The van der Waals surface area contributed by atoms with Gasteiger partial charge in [-0.05, 0) is 0 Å². The summed E-state index contributed by atoms with van der Waals surface area (Å²) >= 11 is 0.646. The van der Waals surface area contributed by atoms with Gasteiger partial charge in [-0.25, -0.2) is 9.11 Å². The molecule has 0 radical (unpaired) electrons. The molecule has 33 heavy (non-hydrogen) atoms. The normalized spacial score (nSPS) is 25.8. The summed E-state index contributed by atoms with van der Waals surface area (Å²) in [7, 11) is -18.0. The molecule has 0 saturated carbocycles. The van der Waals surface area contributed by atoms with Gasteiger partial charge in [-0.15, -0.1) is 11.8 Å². The zero-order valence-corrected chi connectivity index (χ0v) is 29.2. The number of nitrogens with one attached hydrogen (secondary N) is 1. The molecule has 1 aliphatic rings. The van der Waals surface area contributed by atoms with Crippen LogP contribution < -0.4 is 149 Å². The van der Waals surface area contributed by atoms with E-state index in [2.05, 4.69) is 13.1 Å². The summed E-state index contributed by atoms with van der Waals surface area (Å²) in [4.78, 5) is 67.8. The van der Waals surface area contributed by atoms with Crippen LogP contribution in [0.1, 0.15) is 5.37 Å². The molecule has 3 N–H and O–H groups in total. The number of phosphoric acid groups is 3. The second-order valence-corrected chi connectivity index (χ2v) is 11.0. The maximum absolute atomic E-state index is 11.8. The van der Waals surface area contributed by atoms with Crippen molar-refractivity contribution in [1.82, 2.24) is 9.55 Å². The van der Waals surface area contributed by atoms with Crippen molar-refractivity contribution < 1.29 is 175 Å². The molecule has 6 atom stereocenters. The van der Waals surface area contributed by atoms with Gasteiger partial charge in [-0.1, -0.05) is 0 Å². The predicted molar refractivity (Wildman–Crippen MR) is 84.7 cm³/mol. The monoisotopic (exact) mass is 588 g/mol. The Balaban J connectivity index is -0.00000225. The Kier molecular flexibility index (Phi) is 20.4.